The molecule has 0 fully saturated rings. The fraction of sp³-hybridized carbons (Fsp3) is 1.00. The standard InChI is InChI=1S/C12H23F3O2/c1-9(2)5-6-10(8-17-4)7-11(3,16)12(13,14)15/h9-10,16H,5-8H2,1-4H3/t10-,11-/m1/s1. The van der Waals surface area contributed by atoms with Crippen LogP contribution in [-0.4, -0.2) is 30.6 Å². The van der Waals surface area contributed by atoms with Crippen LogP contribution >= 0.6 is 0 Å². The first-order chi connectivity index (χ1) is 7.60. The van der Waals surface area contributed by atoms with E-state index in [-0.39, 0.29) is 18.9 Å². The number of hydrogen-bond donors (Lipinski definition) is 1. The molecule has 0 saturated carbocycles. The Kier molecular flexibility index (Phi) is 6.48. The minimum atomic E-state index is -4.59. The van der Waals surface area contributed by atoms with Gasteiger partial charge in [-0.15, -0.1) is 0 Å². The third-order valence-corrected chi connectivity index (χ3v) is 2.85. The van der Waals surface area contributed by atoms with Crippen LogP contribution < -0.4 is 0 Å². The highest BCUT2D eigenvalue weighted by Crippen LogP contribution is 2.36. The minimum absolute atomic E-state index is 0.249. The Morgan fingerprint density at radius 3 is 2.06 bits per heavy atom. The van der Waals surface area contributed by atoms with Gasteiger partial charge in [-0.2, -0.15) is 13.2 Å². The van der Waals surface area contributed by atoms with Crippen LogP contribution in [0.1, 0.15) is 40.0 Å². The van der Waals surface area contributed by atoms with E-state index >= 15 is 0 Å². The monoisotopic (exact) mass is 256 g/mol. The Morgan fingerprint density at radius 2 is 1.71 bits per heavy atom. The zero-order chi connectivity index (χ0) is 13.7. The van der Waals surface area contributed by atoms with Gasteiger partial charge >= 0.3 is 6.18 Å². The molecule has 0 aliphatic heterocycles. The summed E-state index contributed by atoms with van der Waals surface area (Å²) >= 11 is 0. The quantitative estimate of drug-likeness (QED) is 0.756. The van der Waals surface area contributed by atoms with Gasteiger partial charge in [0.15, 0.2) is 5.60 Å². The van der Waals surface area contributed by atoms with E-state index in [9.17, 15) is 18.3 Å². The van der Waals surface area contributed by atoms with Gasteiger partial charge in [0, 0.05) is 13.7 Å². The second-order valence-corrected chi connectivity index (χ2v) is 5.27. The van der Waals surface area contributed by atoms with Crippen molar-refractivity contribution in [3.05, 3.63) is 0 Å². The second-order valence-electron chi connectivity index (χ2n) is 5.27. The van der Waals surface area contributed by atoms with Gasteiger partial charge in [-0.1, -0.05) is 20.3 Å². The molecule has 0 bridgehead atoms. The summed E-state index contributed by atoms with van der Waals surface area (Å²) in [5.41, 5.74) is -2.63. The molecule has 0 radical (unpaired) electrons. The number of methoxy groups -OCH3 is 1. The number of hydrogen-bond acceptors (Lipinski definition) is 2. The number of ether oxygens (including phenoxy) is 1. The molecule has 0 aromatic carbocycles. The van der Waals surface area contributed by atoms with E-state index in [0.717, 1.165) is 13.3 Å². The van der Waals surface area contributed by atoms with Crippen LogP contribution in [-0.2, 0) is 4.74 Å². The molecule has 104 valence electrons. The molecule has 0 aromatic rings. The molecule has 0 rings (SSSR count). The summed E-state index contributed by atoms with van der Waals surface area (Å²) < 4.78 is 42.5. The van der Waals surface area contributed by atoms with E-state index in [2.05, 4.69) is 0 Å². The van der Waals surface area contributed by atoms with Crippen molar-refractivity contribution in [3.63, 3.8) is 0 Å². The number of alkyl halides is 3. The summed E-state index contributed by atoms with van der Waals surface area (Å²) in [6.07, 6.45) is -3.42. The average molecular weight is 256 g/mol. The smallest absolute Gasteiger partial charge is 0.384 e. The maximum Gasteiger partial charge on any atom is 0.416 e. The van der Waals surface area contributed by atoms with Crippen LogP contribution in [0, 0.1) is 11.8 Å². The van der Waals surface area contributed by atoms with Crippen molar-refractivity contribution in [3.8, 4) is 0 Å². The van der Waals surface area contributed by atoms with Crippen LogP contribution in [0.5, 0.6) is 0 Å². The molecule has 0 unspecified atom stereocenters. The molecular formula is C12H23F3O2. The van der Waals surface area contributed by atoms with E-state index in [1.54, 1.807) is 0 Å². The van der Waals surface area contributed by atoms with Gasteiger partial charge in [-0.05, 0) is 31.6 Å². The fourth-order valence-corrected chi connectivity index (χ4v) is 1.73. The summed E-state index contributed by atoms with van der Waals surface area (Å²) in [7, 11) is 1.46. The first kappa shape index (κ1) is 16.7. The van der Waals surface area contributed by atoms with Crippen LogP contribution in [0.25, 0.3) is 0 Å². The van der Waals surface area contributed by atoms with Crippen molar-refractivity contribution in [1.29, 1.82) is 0 Å². The van der Waals surface area contributed by atoms with Gasteiger partial charge in [-0.3, -0.25) is 0 Å². The van der Waals surface area contributed by atoms with Crippen molar-refractivity contribution >= 4 is 0 Å². The van der Waals surface area contributed by atoms with Crippen LogP contribution in [0.4, 0.5) is 13.2 Å². The Morgan fingerprint density at radius 1 is 1.18 bits per heavy atom. The molecule has 1 N–H and O–H groups in total. The largest absolute Gasteiger partial charge is 0.416 e. The van der Waals surface area contributed by atoms with E-state index in [1.807, 2.05) is 13.8 Å². The van der Waals surface area contributed by atoms with Crippen molar-refractivity contribution in [1.82, 2.24) is 0 Å². The van der Waals surface area contributed by atoms with Gasteiger partial charge in [0.25, 0.3) is 0 Å². The van der Waals surface area contributed by atoms with E-state index in [0.29, 0.717) is 12.3 Å². The summed E-state index contributed by atoms with van der Waals surface area (Å²) in [5.74, 6) is 0.171. The van der Waals surface area contributed by atoms with Crippen LogP contribution in [0.2, 0.25) is 0 Å². The molecule has 0 aromatic heterocycles. The molecule has 2 atom stereocenters. The Hall–Kier alpha value is -0.290. The highest BCUT2D eigenvalue weighted by Gasteiger charge is 2.50. The van der Waals surface area contributed by atoms with E-state index in [4.69, 9.17) is 4.74 Å². The number of rotatable bonds is 7. The normalized spacial score (nSPS) is 18.2. The van der Waals surface area contributed by atoms with E-state index < -0.39 is 11.8 Å². The van der Waals surface area contributed by atoms with Crippen molar-refractivity contribution in [2.24, 2.45) is 11.8 Å². The van der Waals surface area contributed by atoms with Gasteiger partial charge in [0.2, 0.25) is 0 Å². The summed E-state index contributed by atoms with van der Waals surface area (Å²) in [6, 6.07) is 0. The van der Waals surface area contributed by atoms with Gasteiger partial charge in [-0.25, -0.2) is 0 Å². The highest BCUT2D eigenvalue weighted by atomic mass is 19.4. The zero-order valence-corrected chi connectivity index (χ0v) is 11.0. The second kappa shape index (κ2) is 6.59. The maximum absolute atomic E-state index is 12.5. The van der Waals surface area contributed by atoms with Gasteiger partial charge in [0.1, 0.15) is 0 Å². The lowest BCUT2D eigenvalue weighted by Gasteiger charge is -2.30. The lowest BCUT2D eigenvalue weighted by Crippen LogP contribution is -2.44. The average Bonchev–Trinajstić information content (AvgIpc) is 2.12. The summed E-state index contributed by atoms with van der Waals surface area (Å²) in [5, 5.41) is 9.43. The maximum atomic E-state index is 12.5. The Labute approximate surface area is 101 Å². The highest BCUT2D eigenvalue weighted by molar-refractivity contribution is 4.84. The number of halogens is 3. The Bertz CT molecular complexity index is 212. The van der Waals surface area contributed by atoms with Crippen LogP contribution in [0.15, 0.2) is 0 Å². The number of aliphatic hydroxyl groups is 1. The van der Waals surface area contributed by atoms with E-state index in [1.165, 1.54) is 7.11 Å². The zero-order valence-electron chi connectivity index (χ0n) is 11.0. The lowest BCUT2D eigenvalue weighted by atomic mass is 9.87. The lowest BCUT2D eigenvalue weighted by molar-refractivity contribution is -0.259. The molecule has 5 heteroatoms. The van der Waals surface area contributed by atoms with Gasteiger partial charge in [0.05, 0.1) is 0 Å². The topological polar surface area (TPSA) is 29.5 Å². The molecule has 0 saturated heterocycles. The molecule has 2 nitrogen and oxygen atoms in total. The molecule has 0 amide bonds. The molecule has 0 spiro atoms. The molecule has 0 aliphatic rings. The first-order valence-electron chi connectivity index (χ1n) is 5.88. The minimum Gasteiger partial charge on any atom is -0.384 e. The summed E-state index contributed by atoms with van der Waals surface area (Å²) in [6.45, 7) is 5.11. The van der Waals surface area contributed by atoms with Crippen molar-refractivity contribution in [2.45, 2.75) is 51.8 Å². The van der Waals surface area contributed by atoms with Crippen molar-refractivity contribution in [2.75, 3.05) is 13.7 Å². The Balaban J connectivity index is 4.42. The van der Waals surface area contributed by atoms with Crippen LogP contribution in [0.3, 0.4) is 0 Å². The summed E-state index contributed by atoms with van der Waals surface area (Å²) in [4.78, 5) is 0. The molecular weight excluding hydrogens is 233 g/mol. The molecule has 0 heterocycles. The first-order valence-corrected chi connectivity index (χ1v) is 5.88. The van der Waals surface area contributed by atoms with Crippen molar-refractivity contribution < 1.29 is 23.0 Å². The predicted octanol–water partition coefficient (Wildman–Crippen LogP) is 3.39. The molecule has 17 heavy (non-hydrogen) atoms. The molecule has 0 aliphatic carbocycles. The third-order valence-electron chi connectivity index (χ3n) is 2.85. The fourth-order valence-electron chi connectivity index (χ4n) is 1.73. The predicted molar refractivity (Wildman–Crippen MR) is 60.7 cm³/mol. The third kappa shape index (κ3) is 6.27. The SMILES string of the molecule is COC[C@H](CCC(C)C)C[C@@](C)(O)C(F)(F)F. The van der Waals surface area contributed by atoms with Gasteiger partial charge < -0.3 is 9.84 Å².